The summed E-state index contributed by atoms with van der Waals surface area (Å²) in [6.07, 6.45) is 14.6. The minimum atomic E-state index is -0.534. The van der Waals surface area contributed by atoms with Crippen LogP contribution in [0.4, 0.5) is 11.4 Å². The Labute approximate surface area is 758 Å². The van der Waals surface area contributed by atoms with Gasteiger partial charge in [-0.25, -0.2) is 9.78 Å². The van der Waals surface area contributed by atoms with E-state index in [1.54, 1.807) is 107 Å². The Kier molecular flexibility index (Phi) is 38.7. The SMILES string of the molecule is CC(C)n1ccc(O)c(Cc2ccc(Cl)cc2)c1=O.COC(=O)c1cccc(Oc2ccc(Nc3ccn(C(C)C)c(=O)c3Cc3ccc(Cl)cc3)cc2)n1.Cc1cc[nH]c(=O)c1.Cc1ccn(C(C)C)c(=O)c1.Cc1ccn(C(C)C)c(=O)c1Cc1ccc(Cl)cc1.Cc1ccn(C(C)C)c(=O)c1Cc1ccc(Cl)cc1.Cc1ccn(C(C)C)c(=O)c1I. The first-order valence-electron chi connectivity index (χ1n) is 40.6. The second kappa shape index (κ2) is 48.1. The number of carbonyl (C=O) groups is 1. The van der Waals surface area contributed by atoms with Crippen LogP contribution >= 0.6 is 69.0 Å². The number of hydrogen-bond donors (Lipinski definition) is 3. The van der Waals surface area contributed by atoms with Crippen LogP contribution in [0.2, 0.25) is 20.1 Å². The number of nitrogens with zero attached hydrogens (tertiary/aromatic N) is 7. The maximum Gasteiger partial charge on any atom is 0.356 e. The minimum absolute atomic E-state index is 0.0370. The maximum absolute atomic E-state index is 13.3. The van der Waals surface area contributed by atoms with Gasteiger partial charge in [0.05, 0.1) is 16.2 Å². The lowest BCUT2D eigenvalue weighted by atomic mass is 10.0. The highest BCUT2D eigenvalue weighted by molar-refractivity contribution is 14.1. The number of pyridine rings is 8. The van der Waals surface area contributed by atoms with E-state index in [2.05, 4.69) is 37.9 Å². The number of aromatic hydroxyl groups is 1. The van der Waals surface area contributed by atoms with Crippen LogP contribution < -0.4 is 49.0 Å². The molecule has 0 fully saturated rings. The molecule has 0 aliphatic carbocycles. The smallest absolute Gasteiger partial charge is 0.356 e. The highest BCUT2D eigenvalue weighted by Gasteiger charge is 2.18. The molecule has 0 spiro atoms. The average Bonchev–Trinajstić information content (AvgIpc) is 0.833. The van der Waals surface area contributed by atoms with Crippen molar-refractivity contribution in [3.05, 3.63) is 412 Å². The minimum Gasteiger partial charge on any atom is -0.507 e. The normalized spacial score (nSPS) is 10.8. The van der Waals surface area contributed by atoms with E-state index in [9.17, 15) is 43.5 Å². The molecule has 0 saturated carbocycles. The molecule has 20 nitrogen and oxygen atoms in total. The van der Waals surface area contributed by atoms with E-state index in [0.717, 1.165) is 76.1 Å². The fourth-order valence-corrected chi connectivity index (χ4v) is 13.4. The quantitative estimate of drug-likeness (QED) is 0.0504. The summed E-state index contributed by atoms with van der Waals surface area (Å²) in [5, 5.41) is 16.0. The number of hydrogen-bond acceptors (Lipinski definition) is 13. The molecule has 13 rings (SSSR count). The number of anilines is 2. The van der Waals surface area contributed by atoms with E-state index < -0.39 is 5.97 Å². The first-order chi connectivity index (χ1) is 58.7. The molecule has 0 aliphatic heterocycles. The van der Waals surface area contributed by atoms with E-state index in [1.165, 1.54) is 7.11 Å². The monoisotopic (exact) mass is 1870 g/mol. The van der Waals surface area contributed by atoms with Crippen LogP contribution in [0.5, 0.6) is 17.4 Å². The number of ether oxygens (including phenoxy) is 2. The summed E-state index contributed by atoms with van der Waals surface area (Å²) < 4.78 is 21.7. The van der Waals surface area contributed by atoms with Gasteiger partial charge in [-0.15, -0.1) is 0 Å². The number of H-pyrrole nitrogens is 1. The van der Waals surface area contributed by atoms with E-state index in [4.69, 9.17) is 55.9 Å². The third-order valence-corrected chi connectivity index (χ3v) is 21.9. The number of carbonyl (C=O) groups excluding carboxylic acids is 1. The molecule has 8 aromatic heterocycles. The predicted molar refractivity (Wildman–Crippen MR) is 514 cm³/mol. The molecule has 5 aromatic carbocycles. The van der Waals surface area contributed by atoms with E-state index in [1.807, 2.05) is 276 Å². The van der Waals surface area contributed by atoms with Gasteiger partial charge in [0.25, 0.3) is 33.4 Å². The predicted octanol–water partition coefficient (Wildman–Crippen LogP) is 22.5. The third-order valence-electron chi connectivity index (χ3n) is 19.6. The summed E-state index contributed by atoms with van der Waals surface area (Å²) in [7, 11) is 1.30. The number of aromatic nitrogens is 8. The first kappa shape index (κ1) is 99.8. The van der Waals surface area contributed by atoms with Gasteiger partial charge in [0, 0.05) is 172 Å². The molecule has 3 N–H and O–H groups in total. The lowest BCUT2D eigenvalue weighted by Gasteiger charge is -2.17. The molecule has 8 heterocycles. The van der Waals surface area contributed by atoms with Gasteiger partial charge in [0.2, 0.25) is 11.4 Å². The average molecular weight is 1870 g/mol. The third kappa shape index (κ3) is 30.0. The van der Waals surface area contributed by atoms with Gasteiger partial charge in [-0.2, -0.15) is 0 Å². The molecule has 0 unspecified atom stereocenters. The summed E-state index contributed by atoms with van der Waals surface area (Å²) in [5.41, 5.74) is 13.9. The highest BCUT2D eigenvalue weighted by Crippen LogP contribution is 2.28. The Balaban J connectivity index is 0.000000209. The fraction of sp³-hybridized carbons (Fsp3) is 0.283. The van der Waals surface area contributed by atoms with E-state index >= 15 is 0 Å². The van der Waals surface area contributed by atoms with E-state index in [0.29, 0.717) is 62.7 Å². The summed E-state index contributed by atoms with van der Waals surface area (Å²) in [6.45, 7) is 33.6. The Morgan fingerprint density at radius 3 is 1.18 bits per heavy atom. The fourth-order valence-electron chi connectivity index (χ4n) is 12.4. The van der Waals surface area contributed by atoms with Gasteiger partial charge in [-0.3, -0.25) is 33.6 Å². The second-order valence-corrected chi connectivity index (χ2v) is 34.1. The Bertz CT molecular complexity index is 5880. The number of nitrogens with one attached hydrogen (secondary N) is 2. The van der Waals surface area contributed by atoms with Gasteiger partial charge in [0.1, 0.15) is 11.5 Å². The number of esters is 1. The van der Waals surface area contributed by atoms with Crippen LogP contribution in [0.1, 0.15) is 202 Å². The number of aryl methyl sites for hydroxylation is 5. The zero-order chi connectivity index (χ0) is 91.3. The molecule has 652 valence electrons. The standard InChI is InChI=1S/C28H26ClN3O4.2C16H18ClNO.C15H16ClNO2.C9H12INO.C9H13NO.C6H7NO/c1-18(2)32-16-15-24(23(27(32)33)17-19-7-9-20(29)10-8-19)30-21-11-13-22(14-12-21)36-26-6-4-5-25(31-26)28(34)35-3;2*1-11(2)18-9-8-12(3)15(16(18)19)10-13-4-6-14(17)7-5-13;1-10(2)17-8-7-14(18)13(15(17)19)9-11-3-5-12(16)6-4-11;1-6(2)11-5-4-7(3)8(10)9(11)12;1-7(2)10-5-4-8(3)6-9(10)11;1-5-2-3-7-6(8)4-5/h4-16,18,30H,17H2,1-3H3;2*4-9,11H,10H2,1-3H3;3-8,10,18H,9H2,1-2H3;4-6H,1-3H3;4-7H,1-3H3;2-4H,1H3,(H,7,8). The highest BCUT2D eigenvalue weighted by atomic mass is 127. The molecule has 0 atom stereocenters. The van der Waals surface area contributed by atoms with Crippen molar-refractivity contribution < 1.29 is 19.4 Å². The van der Waals surface area contributed by atoms with Crippen LogP contribution in [0.3, 0.4) is 0 Å². The van der Waals surface area contributed by atoms with Gasteiger partial charge in [-0.05, 0) is 312 Å². The second-order valence-electron chi connectivity index (χ2n) is 31.3. The van der Waals surface area contributed by atoms with Crippen molar-refractivity contribution in [3.63, 3.8) is 0 Å². The molecule has 0 amide bonds. The van der Waals surface area contributed by atoms with Crippen LogP contribution in [-0.4, -0.2) is 55.6 Å². The molecular weight excluding hydrogens is 1760 g/mol. The van der Waals surface area contributed by atoms with E-state index in [-0.39, 0.29) is 92.5 Å². The van der Waals surface area contributed by atoms with Crippen LogP contribution in [0.25, 0.3) is 0 Å². The summed E-state index contributed by atoms with van der Waals surface area (Å²) in [5.74, 6) is 0.332. The molecule has 0 saturated heterocycles. The number of halogens is 5. The molecule has 0 aliphatic rings. The zero-order valence-corrected chi connectivity index (χ0v) is 78.5. The molecule has 0 bridgehead atoms. The molecule has 25 heteroatoms. The van der Waals surface area contributed by atoms with Gasteiger partial charge in [-0.1, -0.05) is 101 Å². The number of benzene rings is 5. The topological polar surface area (TPSA) is 246 Å². The molecular formula is C99H110Cl4IN9O11. The summed E-state index contributed by atoms with van der Waals surface area (Å²) in [6, 6.07) is 59.6. The lowest BCUT2D eigenvalue weighted by molar-refractivity contribution is 0.0593. The van der Waals surface area contributed by atoms with Crippen molar-refractivity contribution in [2.45, 2.75) is 180 Å². The Morgan fingerprint density at radius 2 is 0.782 bits per heavy atom. The Hall–Kier alpha value is -11.3. The van der Waals surface area contributed by atoms with Gasteiger partial charge < -0.3 is 52.3 Å². The number of rotatable bonds is 19. The van der Waals surface area contributed by atoms with Gasteiger partial charge >= 0.3 is 5.97 Å². The van der Waals surface area contributed by atoms with Crippen molar-refractivity contribution in [2.75, 3.05) is 12.4 Å². The molecule has 13 aromatic rings. The maximum atomic E-state index is 13.3. The molecule has 124 heavy (non-hydrogen) atoms. The van der Waals surface area contributed by atoms with Crippen molar-refractivity contribution in [1.29, 1.82) is 0 Å². The zero-order valence-electron chi connectivity index (χ0n) is 73.4. The summed E-state index contributed by atoms with van der Waals surface area (Å²) >= 11 is 25.7. The number of methoxy groups -OCH3 is 1. The van der Waals surface area contributed by atoms with Gasteiger partial charge in [0.15, 0.2) is 5.69 Å². The van der Waals surface area contributed by atoms with Crippen LogP contribution in [0, 0.1) is 38.2 Å². The lowest BCUT2D eigenvalue weighted by Crippen LogP contribution is -2.26. The van der Waals surface area contributed by atoms with Crippen molar-refractivity contribution in [1.82, 2.24) is 37.4 Å². The van der Waals surface area contributed by atoms with Crippen molar-refractivity contribution in [2.24, 2.45) is 0 Å². The van der Waals surface area contributed by atoms with Crippen LogP contribution in [-0.2, 0) is 30.4 Å². The van der Waals surface area contributed by atoms with Crippen molar-refractivity contribution in [3.8, 4) is 17.4 Å². The van der Waals surface area contributed by atoms with Crippen LogP contribution in [0.15, 0.2) is 271 Å². The van der Waals surface area contributed by atoms with Crippen molar-refractivity contribution >= 4 is 86.3 Å². The Morgan fingerprint density at radius 1 is 0.419 bits per heavy atom. The largest absolute Gasteiger partial charge is 0.507 e. The number of aromatic amines is 1. The molecule has 0 radical (unpaired) electrons. The summed E-state index contributed by atoms with van der Waals surface area (Å²) in [4.78, 5) is 102. The first-order valence-corrected chi connectivity index (χ1v) is 43.2.